The second-order valence-electron chi connectivity index (χ2n) is 7.41. The van der Waals surface area contributed by atoms with E-state index in [4.69, 9.17) is 4.65 Å². The van der Waals surface area contributed by atoms with Gasteiger partial charge in [-0.1, -0.05) is 13.8 Å². The van der Waals surface area contributed by atoms with Crippen molar-refractivity contribution in [3.63, 3.8) is 0 Å². The number of hydrogen-bond acceptors (Lipinski definition) is 5. The van der Waals surface area contributed by atoms with Gasteiger partial charge in [0.05, 0.1) is 11.9 Å². The van der Waals surface area contributed by atoms with Crippen LogP contribution in [0.2, 0.25) is 0 Å². The molecule has 2 aliphatic rings. The molecule has 7 nitrogen and oxygen atoms in total. The summed E-state index contributed by atoms with van der Waals surface area (Å²) in [6, 6.07) is 1.94. The van der Waals surface area contributed by atoms with Crippen molar-refractivity contribution in [1.29, 1.82) is 0 Å². The quantitative estimate of drug-likeness (QED) is 0.781. The number of aromatic amines is 1. The molecule has 4 rings (SSSR count). The molecule has 0 bridgehead atoms. The topological polar surface area (TPSA) is 95.5 Å². The van der Waals surface area contributed by atoms with Crippen LogP contribution >= 0.6 is 0 Å². The van der Waals surface area contributed by atoms with Gasteiger partial charge >= 0.3 is 7.12 Å². The Kier molecular flexibility index (Phi) is 4.77. The minimum absolute atomic E-state index is 0.0109. The first-order chi connectivity index (χ1) is 12.9. The maximum atomic E-state index is 12.6. The Balaban J connectivity index is 1.76. The molecular weight excluding hydrogens is 365 g/mol. The Hall–Kier alpha value is -1.84. The molecule has 9 heteroatoms. The fourth-order valence-electron chi connectivity index (χ4n) is 4.17. The third kappa shape index (κ3) is 3.28. The van der Waals surface area contributed by atoms with Crippen molar-refractivity contribution in [3.05, 3.63) is 30.0 Å². The highest BCUT2D eigenvalue weighted by atomic mass is 32.2. The predicted octanol–water partition coefficient (Wildman–Crippen LogP) is 2.06. The van der Waals surface area contributed by atoms with Crippen molar-refractivity contribution < 1.29 is 18.1 Å². The van der Waals surface area contributed by atoms with Crippen molar-refractivity contribution in [2.45, 2.75) is 26.7 Å². The van der Waals surface area contributed by atoms with Gasteiger partial charge in [0.25, 0.3) is 0 Å². The van der Waals surface area contributed by atoms with Gasteiger partial charge in [-0.2, -0.15) is 0 Å². The second kappa shape index (κ2) is 6.96. The fraction of sp³-hybridized carbons (Fsp3) is 0.500. The molecule has 0 spiro atoms. The molecule has 2 aromatic rings. The van der Waals surface area contributed by atoms with Gasteiger partial charge in [0.2, 0.25) is 10.0 Å². The van der Waals surface area contributed by atoms with Crippen LogP contribution in [0.15, 0.2) is 24.4 Å². The van der Waals surface area contributed by atoms with Crippen LogP contribution in [0.5, 0.6) is 5.75 Å². The van der Waals surface area contributed by atoms with Gasteiger partial charge in [-0.3, -0.25) is 0 Å². The van der Waals surface area contributed by atoms with Crippen molar-refractivity contribution in [3.8, 4) is 5.75 Å². The van der Waals surface area contributed by atoms with Crippen molar-refractivity contribution >= 4 is 33.7 Å². The number of piperidine rings is 1. The van der Waals surface area contributed by atoms with E-state index in [2.05, 4.69) is 16.9 Å². The lowest BCUT2D eigenvalue weighted by molar-refractivity contribution is 0.239. The number of fused-ring (bicyclic) bond motifs is 3. The highest BCUT2D eigenvalue weighted by Gasteiger charge is 2.38. The summed E-state index contributed by atoms with van der Waals surface area (Å²) in [6.45, 7) is 5.00. The largest absolute Gasteiger partial charge is 0.552 e. The number of rotatable bonds is 4. The standard InChI is InChI=1S/C18H24BN3O4S/c1-3-8-27(24,25)22-7-5-12(2)15(11-22)14-9-19(23)26-16-10-21-18-13(17(14)16)4-6-20-18/h4,6,9-10,12,15,23H,3,5,7-8,11H2,1-2H3,(H,20,21)/t12?,15-/m1/s1. The zero-order valence-electron chi connectivity index (χ0n) is 15.6. The lowest BCUT2D eigenvalue weighted by Gasteiger charge is -2.39. The maximum Gasteiger partial charge on any atom is 0.552 e. The lowest BCUT2D eigenvalue weighted by Crippen LogP contribution is -2.45. The van der Waals surface area contributed by atoms with E-state index in [0.29, 0.717) is 31.2 Å². The molecule has 2 N–H and O–H groups in total. The molecule has 1 unspecified atom stereocenters. The molecule has 0 amide bonds. The summed E-state index contributed by atoms with van der Waals surface area (Å²) in [7, 11) is -4.31. The Bertz CT molecular complexity index is 988. The van der Waals surface area contributed by atoms with Gasteiger partial charge in [0, 0.05) is 36.2 Å². The third-order valence-corrected chi connectivity index (χ3v) is 7.63. The van der Waals surface area contributed by atoms with E-state index in [0.717, 1.165) is 28.6 Å². The summed E-state index contributed by atoms with van der Waals surface area (Å²) in [5, 5.41) is 11.1. The first kappa shape index (κ1) is 18.5. The smallest absolute Gasteiger partial charge is 0.531 e. The normalized spacial score (nSPS) is 23.8. The van der Waals surface area contributed by atoms with Gasteiger partial charge in [-0.15, -0.1) is 0 Å². The van der Waals surface area contributed by atoms with Crippen LogP contribution in [-0.4, -0.2) is 53.7 Å². The number of H-pyrrole nitrogens is 1. The maximum absolute atomic E-state index is 12.6. The average molecular weight is 389 g/mol. The van der Waals surface area contributed by atoms with Gasteiger partial charge in [-0.05, 0) is 36.4 Å². The molecule has 2 aliphatic heterocycles. The SMILES string of the molecule is CCCS(=O)(=O)N1CCC(C)[C@H](C2=CB(O)Oc3cnc4[nH]ccc4c32)C1. The summed E-state index contributed by atoms with van der Waals surface area (Å²) in [5.41, 5.74) is 2.59. The summed E-state index contributed by atoms with van der Waals surface area (Å²) in [5.74, 6) is 2.70. The van der Waals surface area contributed by atoms with Crippen LogP contribution in [-0.2, 0) is 10.0 Å². The van der Waals surface area contributed by atoms with Gasteiger partial charge in [0.1, 0.15) is 11.4 Å². The Morgan fingerprint density at radius 1 is 1.48 bits per heavy atom. The summed E-state index contributed by atoms with van der Waals surface area (Å²) in [4.78, 5) is 7.44. The van der Waals surface area contributed by atoms with Gasteiger partial charge in [0.15, 0.2) is 0 Å². The van der Waals surface area contributed by atoms with E-state index in [9.17, 15) is 13.4 Å². The van der Waals surface area contributed by atoms with Gasteiger partial charge < -0.3 is 14.7 Å². The van der Waals surface area contributed by atoms with Crippen LogP contribution in [0.3, 0.4) is 0 Å². The van der Waals surface area contributed by atoms with E-state index >= 15 is 0 Å². The van der Waals surface area contributed by atoms with E-state index in [1.165, 1.54) is 0 Å². The minimum Gasteiger partial charge on any atom is -0.531 e. The van der Waals surface area contributed by atoms with Crippen LogP contribution in [0, 0.1) is 11.8 Å². The first-order valence-corrected chi connectivity index (χ1v) is 11.0. The fourth-order valence-corrected chi connectivity index (χ4v) is 5.72. The minimum atomic E-state index is -3.26. The molecule has 4 heterocycles. The molecule has 0 aliphatic carbocycles. The first-order valence-electron chi connectivity index (χ1n) is 9.41. The monoisotopic (exact) mass is 389 g/mol. The summed E-state index contributed by atoms with van der Waals surface area (Å²) >= 11 is 0. The molecule has 2 aromatic heterocycles. The van der Waals surface area contributed by atoms with Crippen molar-refractivity contribution in [2.24, 2.45) is 11.8 Å². The van der Waals surface area contributed by atoms with E-state index < -0.39 is 17.1 Å². The molecule has 0 saturated carbocycles. The van der Waals surface area contributed by atoms with Gasteiger partial charge in [-0.25, -0.2) is 17.7 Å². The number of nitrogens with one attached hydrogen (secondary N) is 1. The molecule has 27 heavy (non-hydrogen) atoms. The van der Waals surface area contributed by atoms with Crippen LogP contribution in [0.4, 0.5) is 0 Å². The van der Waals surface area contributed by atoms with E-state index in [-0.39, 0.29) is 11.7 Å². The Morgan fingerprint density at radius 2 is 2.30 bits per heavy atom. The molecule has 0 aromatic carbocycles. The van der Waals surface area contributed by atoms with E-state index in [1.54, 1.807) is 16.5 Å². The number of hydrogen-bond donors (Lipinski definition) is 2. The van der Waals surface area contributed by atoms with Crippen molar-refractivity contribution in [1.82, 2.24) is 14.3 Å². The number of aromatic nitrogens is 2. The van der Waals surface area contributed by atoms with Crippen molar-refractivity contribution in [2.75, 3.05) is 18.8 Å². The Morgan fingerprint density at radius 3 is 3.07 bits per heavy atom. The summed E-state index contributed by atoms with van der Waals surface area (Å²) < 4.78 is 32.4. The van der Waals surface area contributed by atoms with E-state index in [1.807, 2.05) is 19.2 Å². The lowest BCUT2D eigenvalue weighted by atomic mass is 9.72. The third-order valence-electron chi connectivity index (χ3n) is 5.59. The second-order valence-corrected chi connectivity index (χ2v) is 9.50. The molecule has 1 saturated heterocycles. The highest BCUT2D eigenvalue weighted by Crippen LogP contribution is 2.43. The molecular formula is C18H24BN3O4S. The number of pyridine rings is 1. The Labute approximate surface area is 159 Å². The van der Waals surface area contributed by atoms with Crippen LogP contribution < -0.4 is 4.65 Å². The van der Waals surface area contributed by atoms with Crippen LogP contribution in [0.1, 0.15) is 32.3 Å². The zero-order chi connectivity index (χ0) is 19.2. The predicted molar refractivity (Wildman–Crippen MR) is 106 cm³/mol. The average Bonchev–Trinajstić information content (AvgIpc) is 3.09. The zero-order valence-corrected chi connectivity index (χ0v) is 16.4. The molecule has 144 valence electrons. The molecule has 0 radical (unpaired) electrons. The number of nitrogens with zero attached hydrogens (tertiary/aromatic N) is 2. The van der Waals surface area contributed by atoms with Crippen LogP contribution in [0.25, 0.3) is 16.6 Å². The summed E-state index contributed by atoms with van der Waals surface area (Å²) in [6.07, 6.45) is 4.83. The number of sulfonamides is 1. The molecule has 2 atom stereocenters. The molecule has 1 fully saturated rings. The highest BCUT2D eigenvalue weighted by molar-refractivity contribution is 7.89.